The second-order valence-electron chi connectivity index (χ2n) is 3.06. The standard InChI is InChI=1S/C9H12N2OS/c1-2-11-6-7(10-9(11)12)8-4-3-5-13-8/h3-5,7H,2,6H2,1H3,(H,10,12). The van der Waals surface area contributed by atoms with E-state index in [4.69, 9.17) is 0 Å². The summed E-state index contributed by atoms with van der Waals surface area (Å²) < 4.78 is 0. The third kappa shape index (κ3) is 1.54. The quantitative estimate of drug-likeness (QED) is 0.769. The molecule has 1 aliphatic heterocycles. The minimum absolute atomic E-state index is 0.0564. The Morgan fingerprint density at radius 3 is 3.15 bits per heavy atom. The first kappa shape index (κ1) is 8.56. The fourth-order valence-corrected chi connectivity index (χ4v) is 2.28. The summed E-state index contributed by atoms with van der Waals surface area (Å²) >= 11 is 1.69. The molecule has 70 valence electrons. The summed E-state index contributed by atoms with van der Waals surface area (Å²) in [6.07, 6.45) is 0. The van der Waals surface area contributed by atoms with Crippen molar-refractivity contribution in [1.29, 1.82) is 0 Å². The average molecular weight is 196 g/mol. The van der Waals surface area contributed by atoms with Gasteiger partial charge in [0.05, 0.1) is 6.04 Å². The van der Waals surface area contributed by atoms with Crippen LogP contribution in [-0.4, -0.2) is 24.0 Å². The number of likely N-dealkylation sites (N-methyl/N-ethyl adjacent to an activating group) is 1. The number of carbonyl (C=O) groups excluding carboxylic acids is 1. The molecule has 3 nitrogen and oxygen atoms in total. The van der Waals surface area contributed by atoms with Crippen molar-refractivity contribution < 1.29 is 4.79 Å². The lowest BCUT2D eigenvalue weighted by molar-refractivity contribution is 0.219. The van der Waals surface area contributed by atoms with E-state index in [0.717, 1.165) is 13.1 Å². The minimum Gasteiger partial charge on any atom is -0.329 e. The molecule has 0 aliphatic carbocycles. The first-order valence-electron chi connectivity index (χ1n) is 4.40. The zero-order valence-electron chi connectivity index (χ0n) is 7.49. The zero-order valence-corrected chi connectivity index (χ0v) is 8.30. The molecule has 1 N–H and O–H groups in total. The summed E-state index contributed by atoms with van der Waals surface area (Å²) in [5, 5.41) is 4.99. The van der Waals surface area contributed by atoms with Crippen molar-refractivity contribution in [1.82, 2.24) is 10.2 Å². The summed E-state index contributed by atoms with van der Waals surface area (Å²) in [6.45, 7) is 3.58. The van der Waals surface area contributed by atoms with Gasteiger partial charge >= 0.3 is 6.03 Å². The van der Waals surface area contributed by atoms with Crippen molar-refractivity contribution in [3.63, 3.8) is 0 Å². The fraction of sp³-hybridized carbons (Fsp3) is 0.444. The van der Waals surface area contributed by atoms with Gasteiger partial charge < -0.3 is 10.2 Å². The number of carbonyl (C=O) groups is 1. The molecule has 4 heteroatoms. The van der Waals surface area contributed by atoms with Crippen molar-refractivity contribution in [2.75, 3.05) is 13.1 Å². The summed E-state index contributed by atoms with van der Waals surface area (Å²) in [4.78, 5) is 14.4. The fourth-order valence-electron chi connectivity index (χ4n) is 1.51. The maximum atomic E-state index is 11.3. The van der Waals surface area contributed by atoms with Crippen molar-refractivity contribution in [2.24, 2.45) is 0 Å². The SMILES string of the molecule is CCN1CC(c2cccs2)NC1=O. The predicted molar refractivity (Wildman–Crippen MR) is 52.8 cm³/mol. The molecule has 13 heavy (non-hydrogen) atoms. The average Bonchev–Trinajstić information content (AvgIpc) is 2.71. The van der Waals surface area contributed by atoms with E-state index in [2.05, 4.69) is 11.4 Å². The van der Waals surface area contributed by atoms with E-state index in [1.54, 1.807) is 11.3 Å². The summed E-state index contributed by atoms with van der Waals surface area (Å²) in [5.74, 6) is 0. The Hall–Kier alpha value is -1.03. The highest BCUT2D eigenvalue weighted by molar-refractivity contribution is 7.10. The first-order valence-corrected chi connectivity index (χ1v) is 5.28. The maximum absolute atomic E-state index is 11.3. The van der Waals surface area contributed by atoms with Gasteiger partial charge in [-0.25, -0.2) is 4.79 Å². The van der Waals surface area contributed by atoms with Crippen LogP contribution in [-0.2, 0) is 0 Å². The van der Waals surface area contributed by atoms with E-state index in [1.807, 2.05) is 23.3 Å². The Morgan fingerprint density at radius 2 is 2.62 bits per heavy atom. The van der Waals surface area contributed by atoms with Gasteiger partial charge in [0.15, 0.2) is 0 Å². The van der Waals surface area contributed by atoms with Gasteiger partial charge in [-0.2, -0.15) is 0 Å². The molecule has 1 aromatic rings. The topological polar surface area (TPSA) is 32.3 Å². The third-order valence-corrected chi connectivity index (χ3v) is 3.24. The lowest BCUT2D eigenvalue weighted by atomic mass is 10.2. The second kappa shape index (κ2) is 3.38. The van der Waals surface area contributed by atoms with Gasteiger partial charge in [0, 0.05) is 18.0 Å². The number of amides is 2. The number of nitrogens with one attached hydrogen (secondary N) is 1. The Balaban J connectivity index is 2.10. The van der Waals surface area contributed by atoms with Gasteiger partial charge in [-0.1, -0.05) is 6.07 Å². The maximum Gasteiger partial charge on any atom is 0.318 e. The molecule has 1 aliphatic rings. The van der Waals surface area contributed by atoms with Crippen LogP contribution in [0.1, 0.15) is 17.8 Å². The van der Waals surface area contributed by atoms with Crippen LogP contribution in [0.3, 0.4) is 0 Å². The van der Waals surface area contributed by atoms with Gasteiger partial charge in [0.1, 0.15) is 0 Å². The minimum atomic E-state index is 0.0564. The van der Waals surface area contributed by atoms with E-state index in [9.17, 15) is 4.79 Å². The number of rotatable bonds is 2. The molecule has 1 saturated heterocycles. The van der Waals surface area contributed by atoms with Gasteiger partial charge in [0.2, 0.25) is 0 Å². The Bertz CT molecular complexity index is 297. The molecule has 1 atom stereocenters. The van der Waals surface area contributed by atoms with E-state index in [0.29, 0.717) is 0 Å². The summed E-state index contributed by atoms with van der Waals surface area (Å²) in [5.41, 5.74) is 0. The highest BCUT2D eigenvalue weighted by Gasteiger charge is 2.28. The molecule has 0 spiro atoms. The van der Waals surface area contributed by atoms with Crippen LogP contribution in [0.2, 0.25) is 0 Å². The zero-order chi connectivity index (χ0) is 9.26. The van der Waals surface area contributed by atoms with Crippen LogP contribution in [0.15, 0.2) is 17.5 Å². The van der Waals surface area contributed by atoms with E-state index >= 15 is 0 Å². The van der Waals surface area contributed by atoms with Crippen molar-refractivity contribution >= 4 is 17.4 Å². The van der Waals surface area contributed by atoms with Crippen molar-refractivity contribution in [2.45, 2.75) is 13.0 Å². The summed E-state index contributed by atoms with van der Waals surface area (Å²) in [6, 6.07) is 4.34. The van der Waals surface area contributed by atoms with Crippen LogP contribution in [0.4, 0.5) is 4.79 Å². The largest absolute Gasteiger partial charge is 0.329 e. The highest BCUT2D eigenvalue weighted by atomic mass is 32.1. The highest BCUT2D eigenvalue weighted by Crippen LogP contribution is 2.23. The number of nitrogens with zero attached hydrogens (tertiary/aromatic N) is 1. The predicted octanol–water partition coefficient (Wildman–Crippen LogP) is 1.83. The van der Waals surface area contributed by atoms with Crippen molar-refractivity contribution in [3.8, 4) is 0 Å². The van der Waals surface area contributed by atoms with E-state index < -0.39 is 0 Å². The molecule has 0 saturated carbocycles. The number of thiophene rings is 1. The molecule has 2 amide bonds. The number of urea groups is 1. The normalized spacial score (nSPS) is 22.1. The van der Waals surface area contributed by atoms with Crippen LogP contribution in [0, 0.1) is 0 Å². The molecular formula is C9H12N2OS. The van der Waals surface area contributed by atoms with Gasteiger partial charge in [-0.15, -0.1) is 11.3 Å². The van der Waals surface area contributed by atoms with Crippen LogP contribution in [0.5, 0.6) is 0 Å². The molecule has 0 radical (unpaired) electrons. The molecule has 2 heterocycles. The van der Waals surface area contributed by atoms with E-state index in [1.165, 1.54) is 4.88 Å². The molecule has 0 bridgehead atoms. The Kier molecular flexibility index (Phi) is 2.22. The number of hydrogen-bond donors (Lipinski definition) is 1. The smallest absolute Gasteiger partial charge is 0.318 e. The number of hydrogen-bond acceptors (Lipinski definition) is 2. The first-order chi connectivity index (χ1) is 6.31. The van der Waals surface area contributed by atoms with Crippen molar-refractivity contribution in [3.05, 3.63) is 22.4 Å². The lowest BCUT2D eigenvalue weighted by Crippen LogP contribution is -2.27. The molecule has 1 aromatic heterocycles. The second-order valence-corrected chi connectivity index (χ2v) is 4.04. The molecule has 2 rings (SSSR count). The third-order valence-electron chi connectivity index (χ3n) is 2.26. The molecular weight excluding hydrogens is 184 g/mol. The van der Waals surface area contributed by atoms with E-state index in [-0.39, 0.29) is 12.1 Å². The van der Waals surface area contributed by atoms with Gasteiger partial charge in [-0.05, 0) is 18.4 Å². The molecule has 1 fully saturated rings. The van der Waals surface area contributed by atoms with Crippen LogP contribution in [0.25, 0.3) is 0 Å². The van der Waals surface area contributed by atoms with Crippen LogP contribution < -0.4 is 5.32 Å². The Labute approximate surface area is 81.4 Å². The molecule has 1 unspecified atom stereocenters. The summed E-state index contributed by atoms with van der Waals surface area (Å²) in [7, 11) is 0. The van der Waals surface area contributed by atoms with Gasteiger partial charge in [0.25, 0.3) is 0 Å². The van der Waals surface area contributed by atoms with Crippen LogP contribution >= 0.6 is 11.3 Å². The van der Waals surface area contributed by atoms with Gasteiger partial charge in [-0.3, -0.25) is 0 Å². The lowest BCUT2D eigenvalue weighted by Gasteiger charge is -2.09. The monoisotopic (exact) mass is 196 g/mol. The molecule has 0 aromatic carbocycles. The Morgan fingerprint density at radius 1 is 1.77 bits per heavy atom.